The first kappa shape index (κ1) is 18.4. The maximum absolute atomic E-state index is 11.8. The lowest BCUT2D eigenvalue weighted by atomic mass is 10.1. The summed E-state index contributed by atoms with van der Waals surface area (Å²) < 4.78 is 0. The van der Waals surface area contributed by atoms with Crippen LogP contribution < -0.4 is 10.6 Å². The molecule has 4 nitrogen and oxygen atoms in total. The smallest absolute Gasteiger partial charge is 0.225 e. The Morgan fingerprint density at radius 3 is 2.68 bits per heavy atom. The van der Waals surface area contributed by atoms with E-state index in [1.165, 1.54) is 0 Å². The third kappa shape index (κ3) is 6.89. The molecule has 0 saturated heterocycles. The number of nitrogens with zero attached hydrogens (tertiary/aromatic N) is 1. The van der Waals surface area contributed by atoms with Gasteiger partial charge in [0.25, 0.3) is 0 Å². The number of carbonyl (C=O) groups excluding carboxylic acids is 1. The van der Waals surface area contributed by atoms with Crippen molar-refractivity contribution >= 4 is 34.7 Å². The van der Waals surface area contributed by atoms with Gasteiger partial charge in [-0.05, 0) is 39.3 Å². The zero-order valence-corrected chi connectivity index (χ0v) is 13.7. The summed E-state index contributed by atoms with van der Waals surface area (Å²) in [5.41, 5.74) is 1.02. The molecule has 0 radical (unpaired) electrons. The van der Waals surface area contributed by atoms with Crippen LogP contribution in [0.4, 0.5) is 5.00 Å². The minimum absolute atomic E-state index is 0. The molecular formula is C13H24ClN3OS. The minimum atomic E-state index is 0. The van der Waals surface area contributed by atoms with E-state index in [1.807, 2.05) is 14.0 Å². The highest BCUT2D eigenvalue weighted by atomic mass is 35.5. The van der Waals surface area contributed by atoms with Gasteiger partial charge < -0.3 is 10.6 Å². The van der Waals surface area contributed by atoms with E-state index in [0.29, 0.717) is 12.3 Å². The second-order valence-electron chi connectivity index (χ2n) is 4.86. The van der Waals surface area contributed by atoms with Gasteiger partial charge in [0.2, 0.25) is 5.91 Å². The molecule has 6 heteroatoms. The molecule has 0 bridgehead atoms. The molecule has 1 rings (SSSR count). The van der Waals surface area contributed by atoms with Gasteiger partial charge in [0.1, 0.15) is 5.00 Å². The van der Waals surface area contributed by atoms with Crippen LogP contribution in [0.2, 0.25) is 0 Å². The molecule has 0 aliphatic carbocycles. The van der Waals surface area contributed by atoms with Crippen LogP contribution in [0.15, 0.2) is 0 Å². The standard InChI is InChI=1S/C13H23N3OS.ClH/c1-9(2)8-11-13(18-10(3)15-11)16-12(17)6-5-7-14-4;/h9,14H,5-8H2,1-4H3,(H,16,17);1H. The van der Waals surface area contributed by atoms with E-state index < -0.39 is 0 Å². The summed E-state index contributed by atoms with van der Waals surface area (Å²) >= 11 is 1.57. The minimum Gasteiger partial charge on any atom is -0.320 e. The Hall–Kier alpha value is -0.650. The van der Waals surface area contributed by atoms with E-state index in [9.17, 15) is 4.79 Å². The molecule has 2 N–H and O–H groups in total. The summed E-state index contributed by atoms with van der Waals surface area (Å²) in [6, 6.07) is 0. The van der Waals surface area contributed by atoms with Crippen molar-refractivity contribution in [3.8, 4) is 0 Å². The van der Waals surface area contributed by atoms with E-state index in [-0.39, 0.29) is 18.3 Å². The predicted octanol–water partition coefficient (Wildman–Crippen LogP) is 3.01. The van der Waals surface area contributed by atoms with Crippen LogP contribution in [-0.4, -0.2) is 24.5 Å². The Morgan fingerprint density at radius 1 is 1.42 bits per heavy atom. The van der Waals surface area contributed by atoms with Gasteiger partial charge in [-0.1, -0.05) is 13.8 Å². The van der Waals surface area contributed by atoms with E-state index in [2.05, 4.69) is 29.5 Å². The fraction of sp³-hybridized carbons (Fsp3) is 0.692. The van der Waals surface area contributed by atoms with Crippen LogP contribution in [0.1, 0.15) is 37.4 Å². The summed E-state index contributed by atoms with van der Waals surface area (Å²) in [6.07, 6.45) is 2.33. The largest absolute Gasteiger partial charge is 0.320 e. The number of anilines is 1. The molecule has 0 aromatic carbocycles. The topological polar surface area (TPSA) is 54.0 Å². The van der Waals surface area contributed by atoms with Crippen molar-refractivity contribution in [2.45, 2.75) is 40.0 Å². The quantitative estimate of drug-likeness (QED) is 0.761. The molecule has 0 fully saturated rings. The third-order valence-corrected chi connectivity index (χ3v) is 3.42. The zero-order valence-electron chi connectivity index (χ0n) is 12.1. The predicted molar refractivity (Wildman–Crippen MR) is 84.4 cm³/mol. The van der Waals surface area contributed by atoms with Gasteiger partial charge >= 0.3 is 0 Å². The van der Waals surface area contributed by atoms with Gasteiger partial charge in [-0.25, -0.2) is 4.98 Å². The molecule has 19 heavy (non-hydrogen) atoms. The lowest BCUT2D eigenvalue weighted by Crippen LogP contribution is -2.15. The number of hydrogen-bond donors (Lipinski definition) is 2. The van der Waals surface area contributed by atoms with Crippen molar-refractivity contribution < 1.29 is 4.79 Å². The number of aryl methyl sites for hydroxylation is 1. The fourth-order valence-corrected chi connectivity index (χ4v) is 2.57. The second-order valence-corrected chi connectivity index (χ2v) is 6.07. The van der Waals surface area contributed by atoms with Crippen molar-refractivity contribution in [2.24, 2.45) is 5.92 Å². The van der Waals surface area contributed by atoms with Crippen LogP contribution in [0, 0.1) is 12.8 Å². The molecule has 0 atom stereocenters. The zero-order chi connectivity index (χ0) is 13.5. The van der Waals surface area contributed by atoms with E-state index >= 15 is 0 Å². The summed E-state index contributed by atoms with van der Waals surface area (Å²) in [7, 11) is 1.89. The van der Waals surface area contributed by atoms with Crippen molar-refractivity contribution in [3.05, 3.63) is 10.7 Å². The molecule has 0 aliphatic rings. The summed E-state index contributed by atoms with van der Waals surface area (Å²) in [5, 5.41) is 7.96. The lowest BCUT2D eigenvalue weighted by Gasteiger charge is -2.06. The van der Waals surface area contributed by atoms with Crippen LogP contribution in [0.25, 0.3) is 0 Å². The number of halogens is 1. The first-order valence-electron chi connectivity index (χ1n) is 6.43. The Kier molecular flexibility index (Phi) is 8.97. The average Bonchev–Trinajstić information content (AvgIpc) is 2.58. The Bertz CT molecular complexity index is 393. The Labute approximate surface area is 125 Å². The van der Waals surface area contributed by atoms with Gasteiger partial charge in [-0.3, -0.25) is 4.79 Å². The lowest BCUT2D eigenvalue weighted by molar-refractivity contribution is -0.116. The molecule has 1 amide bonds. The highest BCUT2D eigenvalue weighted by molar-refractivity contribution is 7.16. The molecule has 1 heterocycles. The van der Waals surface area contributed by atoms with Crippen LogP contribution in [0.3, 0.4) is 0 Å². The Balaban J connectivity index is 0.00000324. The SMILES string of the molecule is CNCCCC(=O)Nc1sc(C)nc1CC(C)C.Cl. The van der Waals surface area contributed by atoms with Crippen molar-refractivity contribution in [1.82, 2.24) is 10.3 Å². The maximum Gasteiger partial charge on any atom is 0.225 e. The first-order valence-corrected chi connectivity index (χ1v) is 7.25. The highest BCUT2D eigenvalue weighted by Gasteiger charge is 2.13. The van der Waals surface area contributed by atoms with Crippen LogP contribution in [0.5, 0.6) is 0 Å². The van der Waals surface area contributed by atoms with Gasteiger partial charge in [0.15, 0.2) is 0 Å². The van der Waals surface area contributed by atoms with Crippen LogP contribution >= 0.6 is 23.7 Å². The normalized spacial score (nSPS) is 10.4. The van der Waals surface area contributed by atoms with Gasteiger partial charge in [0.05, 0.1) is 10.7 Å². The summed E-state index contributed by atoms with van der Waals surface area (Å²) in [5.74, 6) is 0.630. The number of thiazole rings is 1. The first-order chi connectivity index (χ1) is 8.52. The number of aromatic nitrogens is 1. The van der Waals surface area contributed by atoms with Gasteiger partial charge in [-0.2, -0.15) is 0 Å². The number of nitrogens with one attached hydrogen (secondary N) is 2. The fourth-order valence-electron chi connectivity index (χ4n) is 1.71. The Morgan fingerprint density at radius 2 is 2.11 bits per heavy atom. The molecule has 1 aromatic rings. The molecular weight excluding hydrogens is 282 g/mol. The monoisotopic (exact) mass is 305 g/mol. The van der Waals surface area contributed by atoms with Gasteiger partial charge in [-0.15, -0.1) is 23.7 Å². The van der Waals surface area contributed by atoms with Gasteiger partial charge in [0, 0.05) is 6.42 Å². The molecule has 0 spiro atoms. The number of carbonyl (C=O) groups is 1. The van der Waals surface area contributed by atoms with E-state index in [1.54, 1.807) is 11.3 Å². The molecule has 1 aromatic heterocycles. The van der Waals surface area contributed by atoms with Crippen molar-refractivity contribution in [2.75, 3.05) is 18.9 Å². The van der Waals surface area contributed by atoms with E-state index in [0.717, 1.165) is 35.1 Å². The molecule has 0 saturated carbocycles. The van der Waals surface area contributed by atoms with E-state index in [4.69, 9.17) is 0 Å². The average molecular weight is 306 g/mol. The number of amides is 1. The third-order valence-electron chi connectivity index (χ3n) is 2.49. The number of hydrogen-bond acceptors (Lipinski definition) is 4. The summed E-state index contributed by atoms with van der Waals surface area (Å²) in [6.45, 7) is 7.17. The van der Waals surface area contributed by atoms with Crippen molar-refractivity contribution in [1.29, 1.82) is 0 Å². The molecule has 110 valence electrons. The van der Waals surface area contributed by atoms with Crippen LogP contribution in [-0.2, 0) is 11.2 Å². The summed E-state index contributed by atoms with van der Waals surface area (Å²) in [4.78, 5) is 16.3. The maximum atomic E-state index is 11.8. The number of rotatable bonds is 7. The second kappa shape index (κ2) is 9.28. The van der Waals surface area contributed by atoms with Crippen molar-refractivity contribution in [3.63, 3.8) is 0 Å². The highest BCUT2D eigenvalue weighted by Crippen LogP contribution is 2.26. The molecule has 0 unspecified atom stereocenters. The molecule has 0 aliphatic heterocycles.